The summed E-state index contributed by atoms with van der Waals surface area (Å²) in [5, 5.41) is 2.60. The van der Waals surface area contributed by atoms with Crippen LogP contribution in [0, 0.1) is 0 Å². The third-order valence-corrected chi connectivity index (χ3v) is 3.18. The standard InChI is InChI=1S/C14H20N2O2S/c1-11(17)15-13(10-19)14(18)16(2)9-8-12-6-4-3-5-7-12/h3-7,13,19H,8-10H2,1-2H3,(H,15,17). The summed E-state index contributed by atoms with van der Waals surface area (Å²) >= 11 is 4.10. The summed E-state index contributed by atoms with van der Waals surface area (Å²) in [5.74, 6) is -0.0290. The maximum absolute atomic E-state index is 12.1. The van der Waals surface area contributed by atoms with E-state index in [0.717, 1.165) is 6.42 Å². The molecule has 1 rings (SSSR count). The molecule has 104 valence electrons. The molecule has 0 aliphatic rings. The Kier molecular flexibility index (Phi) is 6.42. The molecule has 1 N–H and O–H groups in total. The zero-order valence-corrected chi connectivity index (χ0v) is 12.2. The fraction of sp³-hybridized carbons (Fsp3) is 0.429. The number of thiol groups is 1. The molecule has 0 saturated heterocycles. The van der Waals surface area contributed by atoms with Crippen molar-refractivity contribution in [2.45, 2.75) is 19.4 Å². The lowest BCUT2D eigenvalue weighted by atomic mass is 10.1. The molecule has 1 aromatic rings. The van der Waals surface area contributed by atoms with Crippen molar-refractivity contribution in [2.24, 2.45) is 0 Å². The van der Waals surface area contributed by atoms with E-state index in [1.807, 2.05) is 30.3 Å². The number of likely N-dealkylation sites (N-methyl/N-ethyl adjacent to an activating group) is 1. The van der Waals surface area contributed by atoms with Crippen molar-refractivity contribution >= 4 is 24.4 Å². The van der Waals surface area contributed by atoms with Crippen LogP contribution in [0.3, 0.4) is 0 Å². The first-order valence-corrected chi connectivity index (χ1v) is 6.84. The number of hydrogen-bond donors (Lipinski definition) is 2. The van der Waals surface area contributed by atoms with E-state index in [1.54, 1.807) is 11.9 Å². The molecule has 19 heavy (non-hydrogen) atoms. The zero-order valence-electron chi connectivity index (χ0n) is 11.3. The van der Waals surface area contributed by atoms with Crippen molar-refractivity contribution in [1.29, 1.82) is 0 Å². The largest absolute Gasteiger partial charge is 0.344 e. The van der Waals surface area contributed by atoms with Crippen LogP contribution in [-0.4, -0.2) is 42.1 Å². The van der Waals surface area contributed by atoms with Crippen LogP contribution in [0.4, 0.5) is 0 Å². The van der Waals surface area contributed by atoms with Gasteiger partial charge in [-0.2, -0.15) is 12.6 Å². The molecule has 0 aliphatic carbocycles. The highest BCUT2D eigenvalue weighted by Crippen LogP contribution is 2.02. The van der Waals surface area contributed by atoms with Crippen molar-refractivity contribution in [3.63, 3.8) is 0 Å². The third kappa shape index (κ3) is 5.34. The van der Waals surface area contributed by atoms with E-state index < -0.39 is 6.04 Å². The monoisotopic (exact) mass is 280 g/mol. The lowest BCUT2D eigenvalue weighted by Crippen LogP contribution is -2.48. The molecule has 1 unspecified atom stereocenters. The van der Waals surface area contributed by atoms with Crippen LogP contribution >= 0.6 is 12.6 Å². The van der Waals surface area contributed by atoms with Gasteiger partial charge in [0.15, 0.2) is 0 Å². The van der Waals surface area contributed by atoms with E-state index in [0.29, 0.717) is 12.3 Å². The van der Waals surface area contributed by atoms with Crippen LogP contribution in [0.5, 0.6) is 0 Å². The number of carbonyl (C=O) groups is 2. The first-order chi connectivity index (χ1) is 9.04. The van der Waals surface area contributed by atoms with Crippen molar-refractivity contribution in [3.05, 3.63) is 35.9 Å². The molecule has 4 nitrogen and oxygen atoms in total. The number of benzene rings is 1. The van der Waals surface area contributed by atoms with Gasteiger partial charge in [-0.25, -0.2) is 0 Å². The maximum atomic E-state index is 12.1. The topological polar surface area (TPSA) is 49.4 Å². The van der Waals surface area contributed by atoms with E-state index in [4.69, 9.17) is 0 Å². The van der Waals surface area contributed by atoms with Crippen LogP contribution in [0.1, 0.15) is 12.5 Å². The van der Waals surface area contributed by atoms with Gasteiger partial charge < -0.3 is 10.2 Å². The number of carbonyl (C=O) groups excluding carboxylic acids is 2. The molecule has 0 bridgehead atoms. The Morgan fingerprint density at radius 1 is 1.32 bits per heavy atom. The van der Waals surface area contributed by atoms with Gasteiger partial charge in [0.1, 0.15) is 6.04 Å². The second-order valence-corrected chi connectivity index (χ2v) is 4.80. The summed E-state index contributed by atoms with van der Waals surface area (Å²) in [4.78, 5) is 24.7. The first-order valence-electron chi connectivity index (χ1n) is 6.21. The molecule has 0 aliphatic heterocycles. The smallest absolute Gasteiger partial charge is 0.245 e. The number of amides is 2. The minimum Gasteiger partial charge on any atom is -0.344 e. The predicted molar refractivity (Wildman–Crippen MR) is 79.2 cm³/mol. The summed E-state index contributed by atoms with van der Waals surface area (Å²) in [5.41, 5.74) is 1.18. The molecule has 0 saturated carbocycles. The Labute approximate surface area is 119 Å². The quantitative estimate of drug-likeness (QED) is 0.767. The molecule has 2 amide bonds. The summed E-state index contributed by atoms with van der Waals surface area (Å²) in [6.45, 7) is 2.01. The Hall–Kier alpha value is -1.49. The fourth-order valence-electron chi connectivity index (χ4n) is 1.75. The molecule has 0 heterocycles. The SMILES string of the molecule is CC(=O)NC(CS)C(=O)N(C)CCc1ccccc1. The molecule has 0 aromatic heterocycles. The average Bonchev–Trinajstić information content (AvgIpc) is 2.42. The van der Waals surface area contributed by atoms with Gasteiger partial charge in [-0.1, -0.05) is 30.3 Å². The molecule has 0 fully saturated rings. The van der Waals surface area contributed by atoms with E-state index in [1.165, 1.54) is 12.5 Å². The van der Waals surface area contributed by atoms with Crippen molar-refractivity contribution in [3.8, 4) is 0 Å². The minimum atomic E-state index is -0.554. The molecular formula is C14H20N2O2S. The van der Waals surface area contributed by atoms with Crippen molar-refractivity contribution in [2.75, 3.05) is 19.3 Å². The van der Waals surface area contributed by atoms with Gasteiger partial charge in [-0.3, -0.25) is 9.59 Å². The fourth-order valence-corrected chi connectivity index (χ4v) is 2.00. The van der Waals surface area contributed by atoms with Crippen LogP contribution in [0.2, 0.25) is 0 Å². The molecule has 0 radical (unpaired) electrons. The van der Waals surface area contributed by atoms with Crippen LogP contribution in [0.25, 0.3) is 0 Å². The van der Waals surface area contributed by atoms with E-state index in [9.17, 15) is 9.59 Å². The van der Waals surface area contributed by atoms with E-state index in [-0.39, 0.29) is 11.8 Å². The van der Waals surface area contributed by atoms with Crippen molar-refractivity contribution in [1.82, 2.24) is 10.2 Å². The Bertz CT molecular complexity index is 423. The van der Waals surface area contributed by atoms with Gasteiger partial charge in [0.2, 0.25) is 11.8 Å². The summed E-state index contributed by atoms with van der Waals surface area (Å²) < 4.78 is 0. The Balaban J connectivity index is 2.49. The van der Waals surface area contributed by atoms with Gasteiger partial charge in [0.05, 0.1) is 0 Å². The Morgan fingerprint density at radius 3 is 2.47 bits per heavy atom. The number of rotatable bonds is 6. The van der Waals surface area contributed by atoms with Gasteiger partial charge >= 0.3 is 0 Å². The zero-order chi connectivity index (χ0) is 14.3. The highest BCUT2D eigenvalue weighted by molar-refractivity contribution is 7.80. The Morgan fingerprint density at radius 2 is 1.95 bits per heavy atom. The summed E-state index contributed by atoms with van der Waals surface area (Å²) in [7, 11) is 1.74. The first kappa shape index (κ1) is 15.6. The van der Waals surface area contributed by atoms with Gasteiger partial charge in [0, 0.05) is 26.3 Å². The summed E-state index contributed by atoms with van der Waals surface area (Å²) in [6, 6.07) is 9.42. The molecule has 1 atom stereocenters. The number of hydrogen-bond acceptors (Lipinski definition) is 3. The number of nitrogens with one attached hydrogen (secondary N) is 1. The van der Waals surface area contributed by atoms with Crippen LogP contribution in [-0.2, 0) is 16.0 Å². The normalized spacial score (nSPS) is 11.7. The van der Waals surface area contributed by atoms with Gasteiger partial charge in [-0.05, 0) is 12.0 Å². The third-order valence-electron chi connectivity index (χ3n) is 2.81. The number of nitrogens with zero attached hydrogens (tertiary/aromatic N) is 1. The lowest BCUT2D eigenvalue weighted by Gasteiger charge is -2.23. The van der Waals surface area contributed by atoms with Crippen LogP contribution < -0.4 is 5.32 Å². The highest BCUT2D eigenvalue weighted by Gasteiger charge is 2.21. The lowest BCUT2D eigenvalue weighted by molar-refractivity contribution is -0.134. The maximum Gasteiger partial charge on any atom is 0.245 e. The minimum absolute atomic E-state index is 0.110. The van der Waals surface area contributed by atoms with E-state index >= 15 is 0 Å². The molecule has 1 aromatic carbocycles. The summed E-state index contributed by atoms with van der Waals surface area (Å²) in [6.07, 6.45) is 0.794. The van der Waals surface area contributed by atoms with Gasteiger partial charge in [0.25, 0.3) is 0 Å². The molecule has 5 heteroatoms. The predicted octanol–water partition coefficient (Wildman–Crippen LogP) is 1.12. The molecule has 0 spiro atoms. The average molecular weight is 280 g/mol. The highest BCUT2D eigenvalue weighted by atomic mass is 32.1. The van der Waals surface area contributed by atoms with E-state index in [2.05, 4.69) is 17.9 Å². The van der Waals surface area contributed by atoms with Crippen molar-refractivity contribution < 1.29 is 9.59 Å². The van der Waals surface area contributed by atoms with Gasteiger partial charge in [-0.15, -0.1) is 0 Å². The van der Waals surface area contributed by atoms with Crippen LogP contribution in [0.15, 0.2) is 30.3 Å². The molecular weight excluding hydrogens is 260 g/mol. The second-order valence-electron chi connectivity index (χ2n) is 4.43. The second kappa shape index (κ2) is 7.84.